The van der Waals surface area contributed by atoms with Gasteiger partial charge in [0.2, 0.25) is 0 Å². The molecule has 0 saturated carbocycles. The molecule has 0 amide bonds. The number of phosphoric acid groups is 2. The second-order valence-corrected chi connectivity index (χ2v) is 29.1. The van der Waals surface area contributed by atoms with E-state index >= 15 is 0 Å². The number of unbranched alkanes of at least 4 members (excludes halogenated alkanes) is 28. The van der Waals surface area contributed by atoms with Crippen molar-refractivity contribution in [3.8, 4) is 0 Å². The van der Waals surface area contributed by atoms with Crippen LogP contribution in [0, 0.1) is 0 Å². The summed E-state index contributed by atoms with van der Waals surface area (Å²) >= 11 is 0. The van der Waals surface area contributed by atoms with Crippen LogP contribution < -0.4 is 0 Å². The van der Waals surface area contributed by atoms with Gasteiger partial charge in [-0.2, -0.15) is 0 Å². The summed E-state index contributed by atoms with van der Waals surface area (Å²) in [5.41, 5.74) is 0. The van der Waals surface area contributed by atoms with Crippen molar-refractivity contribution in [2.45, 2.75) is 341 Å². The van der Waals surface area contributed by atoms with E-state index in [1.807, 2.05) is 0 Å². The van der Waals surface area contributed by atoms with E-state index < -0.39 is 97.5 Å². The molecule has 586 valence electrons. The molecule has 0 radical (unpaired) electrons. The van der Waals surface area contributed by atoms with Gasteiger partial charge >= 0.3 is 39.5 Å². The van der Waals surface area contributed by atoms with Gasteiger partial charge in [-0.25, -0.2) is 9.13 Å². The zero-order valence-electron chi connectivity index (χ0n) is 64.0. The van der Waals surface area contributed by atoms with Crippen LogP contribution in [0.1, 0.15) is 323 Å². The summed E-state index contributed by atoms with van der Waals surface area (Å²) in [4.78, 5) is 72.9. The highest BCUT2D eigenvalue weighted by molar-refractivity contribution is 7.47. The second kappa shape index (κ2) is 74.7. The summed E-state index contributed by atoms with van der Waals surface area (Å²) in [5, 5.41) is 10.6. The predicted molar refractivity (Wildman–Crippen MR) is 418 cm³/mol. The van der Waals surface area contributed by atoms with Crippen molar-refractivity contribution in [3.63, 3.8) is 0 Å². The molecule has 0 rings (SSSR count). The number of esters is 4. The molecule has 0 aromatic carbocycles. The Kier molecular flexibility index (Phi) is 71.4. The first-order valence-corrected chi connectivity index (χ1v) is 42.8. The van der Waals surface area contributed by atoms with Crippen LogP contribution in [-0.2, 0) is 65.4 Å². The number of hydrogen-bond donors (Lipinski definition) is 3. The fourth-order valence-corrected chi connectivity index (χ4v) is 11.9. The normalized spacial score (nSPS) is 14.5. The number of phosphoric ester groups is 2. The molecule has 0 spiro atoms. The molecular formula is C83H142O17P2. The molecule has 0 aromatic heterocycles. The van der Waals surface area contributed by atoms with Crippen molar-refractivity contribution in [1.29, 1.82) is 0 Å². The molecule has 17 nitrogen and oxygen atoms in total. The van der Waals surface area contributed by atoms with Crippen LogP contribution in [0.25, 0.3) is 0 Å². The third-order valence-electron chi connectivity index (χ3n) is 16.4. The Bertz CT molecular complexity index is 2410. The smallest absolute Gasteiger partial charge is 0.462 e. The zero-order chi connectivity index (χ0) is 74.6. The van der Waals surface area contributed by atoms with Crippen LogP contribution in [-0.4, -0.2) is 96.7 Å². The Morgan fingerprint density at radius 3 is 0.833 bits per heavy atom. The molecule has 0 aliphatic carbocycles. The molecule has 5 unspecified atom stereocenters. The second-order valence-electron chi connectivity index (χ2n) is 26.2. The summed E-state index contributed by atoms with van der Waals surface area (Å²) in [6, 6.07) is 0. The van der Waals surface area contributed by atoms with Crippen molar-refractivity contribution in [2.24, 2.45) is 0 Å². The zero-order valence-corrected chi connectivity index (χ0v) is 65.8. The lowest BCUT2D eigenvalue weighted by molar-refractivity contribution is -0.161. The van der Waals surface area contributed by atoms with E-state index in [1.54, 1.807) is 0 Å². The SMILES string of the molecule is CC/C=C\C/C=C\C/C=C\C/C=C\C/C=C\CCCCCC(=O)OCC(COP(=O)(O)OCC(O)COP(=O)(O)OCC(COC(=O)CCCCCCCCC/C=C\C/C=C\C/C=C\CC)OC(=O)CCCCCCC/C=C\CCCC)OC(=O)CCCCCCC/C=C\CCCCCCCC. The summed E-state index contributed by atoms with van der Waals surface area (Å²) in [7, 11) is -9.97. The summed E-state index contributed by atoms with van der Waals surface area (Å²) < 4.78 is 68.5. The van der Waals surface area contributed by atoms with Gasteiger partial charge in [0.05, 0.1) is 26.4 Å². The summed E-state index contributed by atoms with van der Waals surface area (Å²) in [6.45, 7) is 4.56. The molecule has 0 aliphatic rings. The number of hydrogen-bond acceptors (Lipinski definition) is 15. The highest BCUT2D eigenvalue weighted by Crippen LogP contribution is 2.45. The number of rotatable bonds is 74. The molecule has 0 bridgehead atoms. The maximum absolute atomic E-state index is 13.1. The average Bonchev–Trinajstić information content (AvgIpc) is 0.939. The number of carbonyl (C=O) groups excluding carboxylic acids is 4. The van der Waals surface area contributed by atoms with Crippen LogP contribution in [0.4, 0.5) is 0 Å². The van der Waals surface area contributed by atoms with E-state index in [9.17, 15) is 43.2 Å². The fraction of sp³-hybridized carbons (Fsp3) is 0.711. The largest absolute Gasteiger partial charge is 0.472 e. The lowest BCUT2D eigenvalue weighted by Gasteiger charge is -2.21. The topological polar surface area (TPSA) is 237 Å². The number of carbonyl (C=O) groups is 4. The van der Waals surface area contributed by atoms with Gasteiger partial charge in [0, 0.05) is 25.7 Å². The van der Waals surface area contributed by atoms with Crippen molar-refractivity contribution in [1.82, 2.24) is 0 Å². The fourth-order valence-electron chi connectivity index (χ4n) is 10.4. The van der Waals surface area contributed by atoms with Crippen molar-refractivity contribution in [2.75, 3.05) is 39.6 Å². The van der Waals surface area contributed by atoms with E-state index in [4.69, 9.17) is 37.0 Å². The number of aliphatic hydroxyl groups excluding tert-OH is 1. The third-order valence-corrected chi connectivity index (χ3v) is 18.3. The van der Waals surface area contributed by atoms with Crippen LogP contribution in [0.2, 0.25) is 0 Å². The van der Waals surface area contributed by atoms with E-state index in [0.717, 1.165) is 193 Å². The molecule has 0 saturated heterocycles. The maximum Gasteiger partial charge on any atom is 0.472 e. The van der Waals surface area contributed by atoms with E-state index in [2.05, 4.69) is 149 Å². The first kappa shape index (κ1) is 97.5. The van der Waals surface area contributed by atoms with Crippen LogP contribution in [0.15, 0.2) is 122 Å². The summed E-state index contributed by atoms with van der Waals surface area (Å²) in [6.07, 6.45) is 81.8. The minimum Gasteiger partial charge on any atom is -0.462 e. The summed E-state index contributed by atoms with van der Waals surface area (Å²) in [5.74, 6) is -2.23. The van der Waals surface area contributed by atoms with Gasteiger partial charge in [-0.15, -0.1) is 0 Å². The Balaban J connectivity index is 5.36. The third kappa shape index (κ3) is 73.8. The first-order chi connectivity index (χ1) is 49.7. The molecule has 0 aromatic rings. The van der Waals surface area contributed by atoms with E-state index in [0.29, 0.717) is 25.7 Å². The molecule has 0 heterocycles. The predicted octanol–water partition coefficient (Wildman–Crippen LogP) is 23.1. The molecule has 5 atom stereocenters. The number of aliphatic hydroxyl groups is 1. The Labute approximate surface area is 619 Å². The molecule has 102 heavy (non-hydrogen) atoms. The van der Waals surface area contributed by atoms with E-state index in [-0.39, 0.29) is 25.7 Å². The van der Waals surface area contributed by atoms with Gasteiger partial charge in [0.1, 0.15) is 19.3 Å². The van der Waals surface area contributed by atoms with Crippen LogP contribution >= 0.6 is 15.6 Å². The molecule has 19 heteroatoms. The average molecular weight is 1470 g/mol. The molecule has 0 aliphatic heterocycles. The standard InChI is InChI=1S/C83H142O17P2/c1-5-9-13-17-21-25-29-32-35-37-38-40-43-45-49-52-56-60-64-68-81(86)94-74-79(100-83(88)70-66-62-58-54-50-46-41-34-31-27-23-19-15-11-7-3)76-98-102(91,92)96-72-77(84)71-95-101(89,90)97-75-78(99-82(87)69-65-61-57-53-47-28-24-20-16-12-8-4)73-93-80(85)67-63-59-55-51-48-44-42-39-36-33-30-26-22-18-14-10-6-2/h9-10,13-14,20-22,24-26,32-36,38,40-41,45,49,77-79,84H,5-8,11-12,15-19,23,27-31,37,39,42-44,46-48,50-76H2,1-4H3,(H,89,90)(H,91,92)/b13-9-,14-10-,24-20-,25-21-,26-22-,35-32-,36-33-,40-38-,41-34-,49-45-. The van der Waals surface area contributed by atoms with Crippen LogP contribution in [0.3, 0.4) is 0 Å². The monoisotopic (exact) mass is 1470 g/mol. The van der Waals surface area contributed by atoms with Gasteiger partial charge < -0.3 is 33.8 Å². The van der Waals surface area contributed by atoms with Crippen molar-refractivity contribution < 1.29 is 80.2 Å². The van der Waals surface area contributed by atoms with E-state index in [1.165, 1.54) is 51.4 Å². The van der Waals surface area contributed by atoms with Gasteiger partial charge in [0.25, 0.3) is 0 Å². The van der Waals surface area contributed by atoms with Gasteiger partial charge in [-0.3, -0.25) is 37.3 Å². The van der Waals surface area contributed by atoms with Gasteiger partial charge in [-0.1, -0.05) is 271 Å². The maximum atomic E-state index is 13.1. The van der Waals surface area contributed by atoms with Crippen LogP contribution in [0.5, 0.6) is 0 Å². The number of ether oxygens (including phenoxy) is 4. The molecule has 0 fully saturated rings. The Morgan fingerprint density at radius 2 is 0.520 bits per heavy atom. The minimum atomic E-state index is -4.99. The van der Waals surface area contributed by atoms with Gasteiger partial charge in [-0.05, 0) is 148 Å². The van der Waals surface area contributed by atoms with Crippen molar-refractivity contribution >= 4 is 39.5 Å². The Morgan fingerprint density at radius 1 is 0.284 bits per heavy atom. The first-order valence-electron chi connectivity index (χ1n) is 39.8. The molecular weight excluding hydrogens is 1330 g/mol. The van der Waals surface area contributed by atoms with Gasteiger partial charge in [0.15, 0.2) is 12.2 Å². The lowest BCUT2D eigenvalue weighted by atomic mass is 10.1. The molecule has 3 N–H and O–H groups in total. The van der Waals surface area contributed by atoms with Crippen molar-refractivity contribution in [3.05, 3.63) is 122 Å². The lowest BCUT2D eigenvalue weighted by Crippen LogP contribution is -2.30. The highest BCUT2D eigenvalue weighted by Gasteiger charge is 2.30. The quantitative estimate of drug-likeness (QED) is 0.0169. The number of allylic oxidation sites excluding steroid dienone is 20. The minimum absolute atomic E-state index is 0.0758. The Hall–Kier alpha value is -4.54. The highest BCUT2D eigenvalue weighted by atomic mass is 31.2.